The molecule has 0 spiro atoms. The maximum absolute atomic E-state index is 13.3. The summed E-state index contributed by atoms with van der Waals surface area (Å²) in [6, 6.07) is -0.521. The van der Waals surface area contributed by atoms with E-state index in [1.165, 1.54) is 6.42 Å². The molecular formula is C24H33N5O3. The van der Waals surface area contributed by atoms with E-state index in [1.807, 2.05) is 0 Å². The lowest BCUT2D eigenvalue weighted by molar-refractivity contribution is -0.124. The molecule has 1 atom stereocenters. The minimum atomic E-state index is -0.521. The van der Waals surface area contributed by atoms with E-state index in [0.29, 0.717) is 35.1 Å². The third-order valence-electron chi connectivity index (χ3n) is 7.24. The Morgan fingerprint density at radius 2 is 1.88 bits per heavy atom. The molecular weight excluding hydrogens is 406 g/mol. The van der Waals surface area contributed by atoms with Gasteiger partial charge in [0, 0.05) is 31.9 Å². The van der Waals surface area contributed by atoms with Crippen LogP contribution in [0.15, 0.2) is 12.4 Å². The lowest BCUT2D eigenvalue weighted by atomic mass is 9.83. The second-order valence-electron chi connectivity index (χ2n) is 9.62. The average Bonchev–Trinajstić information content (AvgIpc) is 3.61. The maximum atomic E-state index is 13.3. The summed E-state index contributed by atoms with van der Waals surface area (Å²) < 4.78 is 5.42. The number of fused-ring (bicyclic) bond motifs is 1. The van der Waals surface area contributed by atoms with Gasteiger partial charge in [0.25, 0.3) is 5.91 Å². The highest BCUT2D eigenvalue weighted by Crippen LogP contribution is 2.39. The van der Waals surface area contributed by atoms with Crippen LogP contribution in [0.4, 0.5) is 0 Å². The third kappa shape index (κ3) is 4.80. The van der Waals surface area contributed by atoms with Crippen molar-refractivity contribution in [3.8, 4) is 0 Å². The molecule has 172 valence electrons. The number of aromatic amines is 1. The number of nitrogens with zero attached hydrogens (tertiary/aromatic N) is 2. The van der Waals surface area contributed by atoms with Crippen molar-refractivity contribution in [1.82, 2.24) is 25.6 Å². The summed E-state index contributed by atoms with van der Waals surface area (Å²) in [5.74, 6) is 0.751. The average molecular weight is 440 g/mol. The number of hydrogen-bond donors (Lipinski definition) is 3. The topological polar surface area (TPSA) is 109 Å². The van der Waals surface area contributed by atoms with E-state index < -0.39 is 6.04 Å². The van der Waals surface area contributed by atoms with Crippen LogP contribution in [-0.4, -0.2) is 52.6 Å². The van der Waals surface area contributed by atoms with Crippen LogP contribution in [-0.2, 0) is 9.53 Å². The summed E-state index contributed by atoms with van der Waals surface area (Å²) in [4.78, 5) is 38.7. The van der Waals surface area contributed by atoms with E-state index >= 15 is 0 Å². The second kappa shape index (κ2) is 9.57. The van der Waals surface area contributed by atoms with Gasteiger partial charge in [-0.25, -0.2) is 9.97 Å². The number of rotatable bonds is 7. The molecule has 3 N–H and O–H groups in total. The number of carbonyl (C=O) groups excluding carboxylic acids is 2. The summed E-state index contributed by atoms with van der Waals surface area (Å²) in [5, 5.41) is 6.19. The summed E-state index contributed by atoms with van der Waals surface area (Å²) in [6.07, 6.45) is 13.0. The van der Waals surface area contributed by atoms with E-state index in [-0.39, 0.29) is 17.7 Å². The van der Waals surface area contributed by atoms with Crippen LogP contribution in [0.2, 0.25) is 0 Å². The zero-order valence-electron chi connectivity index (χ0n) is 18.6. The standard InChI is InChI=1S/C24H33N5O3/c30-23(18-13-25-22-21(18)28-19(14-26-22)16-6-7-16)29-20(17-4-2-1-3-5-17)24(31)27-12-15-8-10-32-11-9-15/h13-17,20H,1-12H2,(H,25,26)(H,27,31)(H,29,30). The van der Waals surface area contributed by atoms with E-state index in [2.05, 4.69) is 20.6 Å². The monoisotopic (exact) mass is 439 g/mol. The number of amides is 2. The van der Waals surface area contributed by atoms with Gasteiger partial charge in [-0.1, -0.05) is 19.3 Å². The van der Waals surface area contributed by atoms with Crippen molar-refractivity contribution in [3.05, 3.63) is 23.7 Å². The molecule has 3 fully saturated rings. The number of nitrogens with one attached hydrogen (secondary N) is 3. The number of carbonyl (C=O) groups is 2. The highest BCUT2D eigenvalue weighted by molar-refractivity contribution is 6.06. The van der Waals surface area contributed by atoms with Gasteiger partial charge in [0.05, 0.1) is 17.5 Å². The zero-order valence-corrected chi connectivity index (χ0v) is 18.6. The molecule has 0 bridgehead atoms. The Bertz CT molecular complexity index is 958. The minimum Gasteiger partial charge on any atom is -0.381 e. The van der Waals surface area contributed by atoms with E-state index in [0.717, 1.165) is 70.3 Å². The van der Waals surface area contributed by atoms with Crippen molar-refractivity contribution < 1.29 is 14.3 Å². The largest absolute Gasteiger partial charge is 0.381 e. The van der Waals surface area contributed by atoms with Crippen LogP contribution in [0.5, 0.6) is 0 Å². The number of hydrogen-bond acceptors (Lipinski definition) is 5. The Morgan fingerprint density at radius 1 is 1.09 bits per heavy atom. The quantitative estimate of drug-likeness (QED) is 0.614. The molecule has 2 aromatic heterocycles. The zero-order chi connectivity index (χ0) is 21.9. The molecule has 2 aliphatic carbocycles. The van der Waals surface area contributed by atoms with Crippen LogP contribution >= 0.6 is 0 Å². The van der Waals surface area contributed by atoms with E-state index in [1.54, 1.807) is 12.4 Å². The fourth-order valence-electron chi connectivity index (χ4n) is 5.04. The Labute approximate surface area is 188 Å². The molecule has 2 aromatic rings. The maximum Gasteiger partial charge on any atom is 0.255 e. The van der Waals surface area contributed by atoms with Gasteiger partial charge < -0.3 is 20.4 Å². The number of ether oxygens (including phenoxy) is 1. The van der Waals surface area contributed by atoms with E-state index in [4.69, 9.17) is 9.72 Å². The van der Waals surface area contributed by atoms with Gasteiger partial charge in [0.1, 0.15) is 11.6 Å². The van der Waals surface area contributed by atoms with Crippen molar-refractivity contribution in [2.75, 3.05) is 19.8 Å². The predicted molar refractivity (Wildman–Crippen MR) is 120 cm³/mol. The summed E-state index contributed by atoms with van der Waals surface area (Å²) in [5.41, 5.74) is 2.62. The molecule has 3 aliphatic rings. The first-order chi connectivity index (χ1) is 15.7. The molecule has 1 saturated heterocycles. The van der Waals surface area contributed by atoms with Crippen molar-refractivity contribution in [2.45, 2.75) is 69.7 Å². The molecule has 1 aliphatic heterocycles. The van der Waals surface area contributed by atoms with Gasteiger partial charge >= 0.3 is 0 Å². The summed E-state index contributed by atoms with van der Waals surface area (Å²) in [6.45, 7) is 2.16. The number of H-pyrrole nitrogens is 1. The number of aromatic nitrogens is 3. The predicted octanol–water partition coefficient (Wildman–Crippen LogP) is 3.06. The molecule has 1 unspecified atom stereocenters. The Balaban J connectivity index is 1.31. The van der Waals surface area contributed by atoms with Gasteiger partial charge in [-0.3, -0.25) is 9.59 Å². The van der Waals surface area contributed by atoms with Crippen molar-refractivity contribution in [2.24, 2.45) is 11.8 Å². The molecule has 0 aromatic carbocycles. The highest BCUT2D eigenvalue weighted by atomic mass is 16.5. The van der Waals surface area contributed by atoms with Gasteiger partial charge in [-0.05, 0) is 50.4 Å². The Morgan fingerprint density at radius 3 is 2.62 bits per heavy atom. The van der Waals surface area contributed by atoms with Gasteiger partial charge in [0.15, 0.2) is 5.65 Å². The van der Waals surface area contributed by atoms with Crippen LogP contribution < -0.4 is 10.6 Å². The highest BCUT2D eigenvalue weighted by Gasteiger charge is 2.33. The van der Waals surface area contributed by atoms with Crippen molar-refractivity contribution >= 4 is 23.0 Å². The Kier molecular flexibility index (Phi) is 6.39. The first kappa shape index (κ1) is 21.4. The van der Waals surface area contributed by atoms with Crippen molar-refractivity contribution in [3.63, 3.8) is 0 Å². The first-order valence-electron chi connectivity index (χ1n) is 12.2. The first-order valence-corrected chi connectivity index (χ1v) is 12.2. The molecule has 5 rings (SSSR count). The fraction of sp³-hybridized carbons (Fsp3) is 0.667. The van der Waals surface area contributed by atoms with Crippen LogP contribution in [0, 0.1) is 11.8 Å². The second-order valence-corrected chi connectivity index (χ2v) is 9.62. The lowest BCUT2D eigenvalue weighted by Gasteiger charge is -2.31. The normalized spacial score (nSPS) is 21.4. The molecule has 0 radical (unpaired) electrons. The van der Waals surface area contributed by atoms with E-state index in [9.17, 15) is 9.59 Å². The molecule has 3 heterocycles. The smallest absolute Gasteiger partial charge is 0.255 e. The SMILES string of the molecule is O=C(NC(C(=O)NCC1CCOCC1)C1CCCCC1)c1c[nH]c2ncc(C3CC3)nc12. The van der Waals surface area contributed by atoms with Gasteiger partial charge in [0.2, 0.25) is 5.91 Å². The molecule has 8 heteroatoms. The molecule has 2 saturated carbocycles. The third-order valence-corrected chi connectivity index (χ3v) is 7.24. The molecule has 2 amide bonds. The summed E-state index contributed by atoms with van der Waals surface area (Å²) >= 11 is 0. The fourth-order valence-corrected chi connectivity index (χ4v) is 5.04. The van der Waals surface area contributed by atoms with Crippen molar-refractivity contribution in [1.29, 1.82) is 0 Å². The Hall–Kier alpha value is -2.48. The van der Waals surface area contributed by atoms with Crippen LogP contribution in [0.25, 0.3) is 11.2 Å². The van der Waals surface area contributed by atoms with Crippen LogP contribution in [0.3, 0.4) is 0 Å². The molecule has 8 nitrogen and oxygen atoms in total. The minimum absolute atomic E-state index is 0.0682. The van der Waals surface area contributed by atoms with Gasteiger partial charge in [-0.2, -0.15) is 0 Å². The van der Waals surface area contributed by atoms with Crippen LogP contribution in [0.1, 0.15) is 79.8 Å². The molecule has 32 heavy (non-hydrogen) atoms. The summed E-state index contributed by atoms with van der Waals surface area (Å²) in [7, 11) is 0. The van der Waals surface area contributed by atoms with Gasteiger partial charge in [-0.15, -0.1) is 0 Å². The lowest BCUT2D eigenvalue weighted by Crippen LogP contribution is -2.52.